The maximum atomic E-state index is 12.6. The van der Waals surface area contributed by atoms with Gasteiger partial charge in [-0.05, 0) is 49.1 Å². The fourth-order valence-corrected chi connectivity index (χ4v) is 4.21. The van der Waals surface area contributed by atoms with Gasteiger partial charge in [-0.3, -0.25) is 14.5 Å². The Hall–Kier alpha value is -2.84. The first-order chi connectivity index (χ1) is 14.9. The van der Waals surface area contributed by atoms with E-state index in [4.69, 9.17) is 16.0 Å². The van der Waals surface area contributed by atoms with E-state index in [2.05, 4.69) is 5.32 Å². The Morgan fingerprint density at radius 1 is 1.19 bits per heavy atom. The van der Waals surface area contributed by atoms with Crippen LogP contribution in [0.3, 0.4) is 0 Å². The molecule has 1 atom stereocenters. The molecule has 2 aliphatic rings. The second-order valence-electron chi connectivity index (χ2n) is 7.96. The molecule has 4 amide bonds. The quantitative estimate of drug-likeness (QED) is 0.665. The number of nitrogens with one attached hydrogen (secondary N) is 1. The van der Waals surface area contributed by atoms with Crippen molar-refractivity contribution in [2.24, 2.45) is 0 Å². The molecule has 2 aliphatic heterocycles. The van der Waals surface area contributed by atoms with Crippen molar-refractivity contribution < 1.29 is 23.9 Å². The number of piperidine rings is 1. The molecule has 0 spiro atoms. The van der Waals surface area contributed by atoms with Crippen molar-refractivity contribution in [2.75, 3.05) is 13.1 Å². The molecular weight excluding hydrogens is 422 g/mol. The number of imide groups is 1. The Bertz CT molecular complexity index is 952. The highest BCUT2D eigenvalue weighted by Crippen LogP contribution is 2.33. The zero-order valence-corrected chi connectivity index (χ0v) is 17.7. The number of aliphatic hydroxyl groups is 1. The lowest BCUT2D eigenvalue weighted by Gasteiger charge is -2.38. The van der Waals surface area contributed by atoms with Crippen LogP contribution in [-0.2, 0) is 21.7 Å². The molecule has 4 rings (SSSR count). The first-order valence-corrected chi connectivity index (χ1v) is 10.6. The van der Waals surface area contributed by atoms with E-state index < -0.39 is 17.7 Å². The van der Waals surface area contributed by atoms with Gasteiger partial charge in [0.1, 0.15) is 11.8 Å². The summed E-state index contributed by atoms with van der Waals surface area (Å²) in [5, 5.41) is 14.2. The van der Waals surface area contributed by atoms with Crippen LogP contribution < -0.4 is 5.32 Å². The topological polar surface area (TPSA) is 103 Å². The van der Waals surface area contributed by atoms with Crippen molar-refractivity contribution >= 4 is 29.4 Å². The average molecular weight is 446 g/mol. The van der Waals surface area contributed by atoms with Crippen molar-refractivity contribution in [1.29, 1.82) is 0 Å². The Balaban J connectivity index is 1.27. The fourth-order valence-electron chi connectivity index (χ4n) is 4.08. The molecule has 31 heavy (non-hydrogen) atoms. The van der Waals surface area contributed by atoms with Gasteiger partial charge in [-0.2, -0.15) is 0 Å². The molecule has 0 saturated carbocycles. The van der Waals surface area contributed by atoms with Gasteiger partial charge in [0.15, 0.2) is 0 Å². The summed E-state index contributed by atoms with van der Waals surface area (Å²) in [6.07, 6.45) is 2.71. The summed E-state index contributed by atoms with van der Waals surface area (Å²) in [6.45, 7) is 0.915. The molecule has 3 heterocycles. The highest BCUT2D eigenvalue weighted by atomic mass is 35.5. The third kappa shape index (κ3) is 4.60. The number of nitrogens with zero attached hydrogens (tertiary/aromatic N) is 2. The van der Waals surface area contributed by atoms with Crippen molar-refractivity contribution in [3.05, 3.63) is 59.0 Å². The number of carbonyl (C=O) groups is 3. The molecule has 0 unspecified atom stereocenters. The van der Waals surface area contributed by atoms with Crippen LogP contribution in [-0.4, -0.2) is 51.9 Å². The van der Waals surface area contributed by atoms with E-state index in [0.29, 0.717) is 36.7 Å². The van der Waals surface area contributed by atoms with Crippen LogP contribution in [0, 0.1) is 0 Å². The predicted octanol–water partition coefficient (Wildman–Crippen LogP) is 2.64. The molecule has 2 fully saturated rings. The van der Waals surface area contributed by atoms with Gasteiger partial charge in [-0.25, -0.2) is 4.79 Å². The van der Waals surface area contributed by atoms with E-state index in [1.54, 1.807) is 29.2 Å². The summed E-state index contributed by atoms with van der Waals surface area (Å²) < 4.78 is 5.20. The maximum absolute atomic E-state index is 12.6. The van der Waals surface area contributed by atoms with Crippen molar-refractivity contribution in [2.45, 2.75) is 43.9 Å². The molecule has 8 nitrogen and oxygen atoms in total. The molecule has 0 aliphatic carbocycles. The summed E-state index contributed by atoms with van der Waals surface area (Å²) in [5.74, 6) is 0.0661. The van der Waals surface area contributed by atoms with E-state index in [0.717, 1.165) is 10.5 Å². The smallest absolute Gasteiger partial charge is 0.325 e. The monoisotopic (exact) mass is 445 g/mol. The molecule has 9 heteroatoms. The van der Waals surface area contributed by atoms with Crippen LogP contribution in [0.2, 0.25) is 5.02 Å². The zero-order chi connectivity index (χ0) is 22.0. The van der Waals surface area contributed by atoms with Gasteiger partial charge in [0.2, 0.25) is 5.91 Å². The second kappa shape index (κ2) is 8.72. The molecule has 0 radical (unpaired) electrons. The number of urea groups is 1. The average Bonchev–Trinajstić information content (AvgIpc) is 3.37. The summed E-state index contributed by atoms with van der Waals surface area (Å²) in [7, 11) is 0. The van der Waals surface area contributed by atoms with Gasteiger partial charge in [0, 0.05) is 24.5 Å². The van der Waals surface area contributed by atoms with Crippen LogP contribution in [0.15, 0.2) is 47.1 Å². The molecule has 164 valence electrons. The number of hydrogen-bond acceptors (Lipinski definition) is 5. The van der Waals surface area contributed by atoms with Crippen LogP contribution in [0.25, 0.3) is 0 Å². The number of carbonyl (C=O) groups excluding carboxylic acids is 3. The van der Waals surface area contributed by atoms with Gasteiger partial charge < -0.3 is 19.7 Å². The maximum Gasteiger partial charge on any atom is 0.325 e. The summed E-state index contributed by atoms with van der Waals surface area (Å²) in [4.78, 5) is 40.1. The predicted molar refractivity (Wildman–Crippen MR) is 112 cm³/mol. The molecule has 2 aromatic rings. The summed E-state index contributed by atoms with van der Waals surface area (Å²) in [5.41, 5.74) is -0.191. The Morgan fingerprint density at radius 3 is 2.55 bits per heavy atom. The normalized spacial score (nSPS) is 20.8. The number of hydrogen-bond donors (Lipinski definition) is 2. The number of likely N-dealkylation sites (tertiary alicyclic amines) is 1. The van der Waals surface area contributed by atoms with Crippen molar-refractivity contribution in [3.8, 4) is 0 Å². The molecule has 1 aromatic heterocycles. The first kappa shape index (κ1) is 21.4. The van der Waals surface area contributed by atoms with Crippen LogP contribution in [0.5, 0.6) is 0 Å². The first-order valence-electron chi connectivity index (χ1n) is 10.3. The van der Waals surface area contributed by atoms with Crippen LogP contribution in [0.1, 0.15) is 37.0 Å². The second-order valence-corrected chi connectivity index (χ2v) is 8.40. The minimum atomic E-state index is -0.983. The number of furan rings is 1. The Morgan fingerprint density at radius 2 is 1.90 bits per heavy atom. The highest BCUT2D eigenvalue weighted by molar-refractivity contribution is 6.30. The van der Waals surface area contributed by atoms with Gasteiger partial charge in [0.05, 0.1) is 18.4 Å². The van der Waals surface area contributed by atoms with Gasteiger partial charge in [-0.15, -0.1) is 0 Å². The number of amides is 4. The molecule has 2 saturated heterocycles. The standard InChI is InChI=1S/C22H24ClN3O5/c23-16-5-3-15(4-6-16)22(30)9-11-25(12-10-22)19(27)8-7-18-20(28)26(21(29)24-18)14-17-2-1-13-31-17/h1-6,13,18,30H,7-12,14H2,(H,24,29)/t18-/m1/s1. The highest BCUT2D eigenvalue weighted by Gasteiger charge is 2.39. The van der Waals surface area contributed by atoms with Crippen molar-refractivity contribution in [1.82, 2.24) is 15.1 Å². The van der Waals surface area contributed by atoms with E-state index in [9.17, 15) is 19.5 Å². The number of benzene rings is 1. The van der Waals surface area contributed by atoms with Crippen LogP contribution >= 0.6 is 11.6 Å². The number of rotatable bonds is 6. The lowest BCUT2D eigenvalue weighted by molar-refractivity contribution is -0.136. The Labute approximate surface area is 184 Å². The Kier molecular flexibility index (Phi) is 6.02. The fraction of sp³-hybridized carbons (Fsp3) is 0.409. The molecule has 1 aromatic carbocycles. The third-order valence-electron chi connectivity index (χ3n) is 5.97. The van der Waals surface area contributed by atoms with Gasteiger partial charge in [-0.1, -0.05) is 23.7 Å². The minimum absolute atomic E-state index is 0.0670. The van der Waals surface area contributed by atoms with E-state index in [-0.39, 0.29) is 31.2 Å². The van der Waals surface area contributed by atoms with E-state index in [1.165, 1.54) is 6.26 Å². The third-order valence-corrected chi connectivity index (χ3v) is 6.22. The lowest BCUT2D eigenvalue weighted by Crippen LogP contribution is -2.45. The SMILES string of the molecule is O=C(CC[C@H]1NC(=O)N(Cc2ccco2)C1=O)N1CCC(O)(c2ccc(Cl)cc2)CC1. The number of halogens is 1. The largest absolute Gasteiger partial charge is 0.467 e. The van der Waals surface area contributed by atoms with Gasteiger partial charge >= 0.3 is 6.03 Å². The molecule has 0 bridgehead atoms. The van der Waals surface area contributed by atoms with Crippen molar-refractivity contribution in [3.63, 3.8) is 0 Å². The minimum Gasteiger partial charge on any atom is -0.467 e. The zero-order valence-electron chi connectivity index (χ0n) is 16.9. The van der Waals surface area contributed by atoms with E-state index in [1.807, 2.05) is 12.1 Å². The molecule has 2 N–H and O–H groups in total. The van der Waals surface area contributed by atoms with Crippen LogP contribution in [0.4, 0.5) is 4.79 Å². The van der Waals surface area contributed by atoms with Gasteiger partial charge in [0.25, 0.3) is 5.91 Å². The van der Waals surface area contributed by atoms with E-state index >= 15 is 0 Å². The lowest BCUT2D eigenvalue weighted by atomic mass is 9.84. The summed E-state index contributed by atoms with van der Waals surface area (Å²) in [6, 6.07) is 9.29. The molecular formula is C22H24ClN3O5. The summed E-state index contributed by atoms with van der Waals surface area (Å²) >= 11 is 5.92.